The minimum absolute atomic E-state index is 0.0542. The fourth-order valence-corrected chi connectivity index (χ4v) is 4.90. The number of rotatable bonds is 4. The molecule has 9 nitrogen and oxygen atoms in total. The van der Waals surface area contributed by atoms with Gasteiger partial charge < -0.3 is 9.47 Å². The van der Waals surface area contributed by atoms with E-state index in [9.17, 15) is 19.2 Å². The van der Waals surface area contributed by atoms with E-state index in [1.165, 1.54) is 34.5 Å². The number of likely N-dealkylation sites (N-methyl/N-ethyl adjacent to an activating group) is 1. The Bertz CT molecular complexity index is 1350. The van der Waals surface area contributed by atoms with Crippen LogP contribution in [0.3, 0.4) is 0 Å². The van der Waals surface area contributed by atoms with Gasteiger partial charge in [0.15, 0.2) is 16.9 Å². The molecule has 1 fully saturated rings. The molecule has 1 saturated carbocycles. The Kier molecular flexibility index (Phi) is 5.54. The number of ketones is 1. The highest BCUT2D eigenvalue weighted by Gasteiger charge is 2.47. The van der Waals surface area contributed by atoms with Crippen LogP contribution >= 0.6 is 11.6 Å². The predicted octanol–water partition coefficient (Wildman–Crippen LogP) is 1.58. The van der Waals surface area contributed by atoms with E-state index in [0.29, 0.717) is 23.4 Å². The molecule has 0 unspecified atom stereocenters. The Labute approximate surface area is 188 Å². The highest BCUT2D eigenvalue weighted by molar-refractivity contribution is 6.31. The molecule has 0 bridgehead atoms. The lowest BCUT2D eigenvalue weighted by molar-refractivity contribution is -0.148. The van der Waals surface area contributed by atoms with E-state index in [1.807, 2.05) is 0 Å². The molecule has 1 aliphatic carbocycles. The lowest BCUT2D eigenvalue weighted by atomic mass is 9.74. The molecule has 1 atom stereocenters. The van der Waals surface area contributed by atoms with Crippen LogP contribution in [-0.4, -0.2) is 42.3 Å². The maximum atomic E-state index is 13.4. The van der Waals surface area contributed by atoms with Crippen LogP contribution in [0.5, 0.6) is 0 Å². The molecule has 168 valence electrons. The van der Waals surface area contributed by atoms with Crippen molar-refractivity contribution in [1.29, 1.82) is 0 Å². The Morgan fingerprint density at radius 1 is 1.16 bits per heavy atom. The zero-order chi connectivity index (χ0) is 23.2. The number of amides is 1. The standard InChI is InChI=1S/C22H24ClN5O4/c1-25-19-18(20(31)26(2)21(25)32)28(13-24-19)12-17(30)27(3)22(11-7-6-10-16(22)29)14-8-4-5-9-15(14)23/h4-5,8-9,13H,6-7,10-12H2,1-3H3/t22-/m1/s1. The monoisotopic (exact) mass is 457 g/mol. The van der Waals surface area contributed by atoms with E-state index in [-0.39, 0.29) is 29.4 Å². The molecule has 4 rings (SSSR count). The fourth-order valence-electron chi connectivity index (χ4n) is 4.61. The van der Waals surface area contributed by atoms with Crippen molar-refractivity contribution in [3.05, 3.63) is 62.0 Å². The molecule has 10 heteroatoms. The molecule has 0 radical (unpaired) electrons. The highest BCUT2D eigenvalue weighted by atomic mass is 35.5. The molecule has 3 aromatic rings. The van der Waals surface area contributed by atoms with Gasteiger partial charge in [-0.3, -0.25) is 23.5 Å². The van der Waals surface area contributed by atoms with Gasteiger partial charge in [0.2, 0.25) is 5.91 Å². The van der Waals surface area contributed by atoms with E-state index in [2.05, 4.69) is 4.98 Å². The number of aryl methyl sites for hydroxylation is 1. The van der Waals surface area contributed by atoms with Gasteiger partial charge in [-0.25, -0.2) is 9.78 Å². The van der Waals surface area contributed by atoms with Crippen LogP contribution < -0.4 is 11.2 Å². The van der Waals surface area contributed by atoms with Crippen LogP contribution in [0.1, 0.15) is 31.2 Å². The fraction of sp³-hybridized carbons (Fsp3) is 0.409. The zero-order valence-electron chi connectivity index (χ0n) is 18.2. The highest BCUT2D eigenvalue weighted by Crippen LogP contribution is 2.42. The largest absolute Gasteiger partial charge is 0.332 e. The van der Waals surface area contributed by atoms with Crippen LogP contribution in [0.25, 0.3) is 11.2 Å². The second kappa shape index (κ2) is 8.05. The number of carbonyl (C=O) groups excluding carboxylic acids is 2. The molecular weight excluding hydrogens is 434 g/mol. The number of Topliss-reactive ketones (excluding diaryl/α,β-unsaturated/α-hetero) is 1. The normalized spacial score (nSPS) is 18.8. The number of imidazole rings is 1. The Balaban J connectivity index is 1.78. The number of carbonyl (C=O) groups is 2. The Morgan fingerprint density at radius 2 is 1.88 bits per heavy atom. The summed E-state index contributed by atoms with van der Waals surface area (Å²) >= 11 is 6.47. The molecule has 32 heavy (non-hydrogen) atoms. The number of hydrogen-bond donors (Lipinski definition) is 0. The van der Waals surface area contributed by atoms with Gasteiger partial charge in [0, 0.05) is 38.1 Å². The summed E-state index contributed by atoms with van der Waals surface area (Å²) in [6, 6.07) is 7.09. The van der Waals surface area contributed by atoms with Crippen molar-refractivity contribution in [2.24, 2.45) is 14.1 Å². The molecule has 2 heterocycles. The van der Waals surface area contributed by atoms with Crippen molar-refractivity contribution in [2.75, 3.05) is 7.05 Å². The summed E-state index contributed by atoms with van der Waals surface area (Å²) in [5, 5.41) is 0.430. The minimum Gasteiger partial charge on any atom is -0.327 e. The van der Waals surface area contributed by atoms with Crippen LogP contribution in [-0.2, 0) is 35.8 Å². The quantitative estimate of drug-likeness (QED) is 0.592. The van der Waals surface area contributed by atoms with Gasteiger partial charge in [0.25, 0.3) is 5.56 Å². The number of fused-ring (bicyclic) bond motifs is 1. The summed E-state index contributed by atoms with van der Waals surface area (Å²) in [6.07, 6.45) is 3.74. The Morgan fingerprint density at radius 3 is 2.56 bits per heavy atom. The second-order valence-corrected chi connectivity index (χ2v) is 8.58. The average Bonchev–Trinajstić information content (AvgIpc) is 3.20. The van der Waals surface area contributed by atoms with Gasteiger partial charge in [0.05, 0.1) is 6.33 Å². The van der Waals surface area contributed by atoms with Crippen LogP contribution in [0.15, 0.2) is 40.2 Å². The number of hydrogen-bond acceptors (Lipinski definition) is 5. The summed E-state index contributed by atoms with van der Waals surface area (Å²) in [5.41, 5.74) is -1.24. The molecule has 2 aromatic heterocycles. The van der Waals surface area contributed by atoms with Crippen molar-refractivity contribution >= 4 is 34.5 Å². The summed E-state index contributed by atoms with van der Waals surface area (Å²) in [7, 11) is 4.49. The topological polar surface area (TPSA) is 99.2 Å². The number of benzene rings is 1. The number of nitrogens with zero attached hydrogens (tertiary/aromatic N) is 5. The zero-order valence-corrected chi connectivity index (χ0v) is 18.9. The minimum atomic E-state index is -1.16. The number of halogens is 1. The van der Waals surface area contributed by atoms with E-state index in [0.717, 1.165) is 17.4 Å². The van der Waals surface area contributed by atoms with Gasteiger partial charge in [-0.05, 0) is 25.3 Å². The molecule has 1 aromatic carbocycles. The average molecular weight is 458 g/mol. The molecule has 1 amide bonds. The summed E-state index contributed by atoms with van der Waals surface area (Å²) in [6.45, 7) is -0.208. The SMILES string of the molecule is CN(C(=O)Cn1cnc2c1c(=O)n(C)c(=O)n2C)[C@@]1(c2ccccc2Cl)CCCCC1=O. The van der Waals surface area contributed by atoms with Gasteiger partial charge in [-0.15, -0.1) is 0 Å². The predicted molar refractivity (Wildman–Crippen MR) is 120 cm³/mol. The maximum Gasteiger partial charge on any atom is 0.332 e. The first-order valence-electron chi connectivity index (χ1n) is 10.4. The summed E-state index contributed by atoms with van der Waals surface area (Å²) < 4.78 is 3.66. The van der Waals surface area contributed by atoms with Crippen molar-refractivity contribution in [3.63, 3.8) is 0 Å². The molecule has 0 N–H and O–H groups in total. The van der Waals surface area contributed by atoms with Gasteiger partial charge in [-0.2, -0.15) is 0 Å². The van der Waals surface area contributed by atoms with E-state index in [1.54, 1.807) is 31.3 Å². The second-order valence-electron chi connectivity index (χ2n) is 8.17. The third-order valence-electron chi connectivity index (χ3n) is 6.44. The van der Waals surface area contributed by atoms with Crippen molar-refractivity contribution < 1.29 is 9.59 Å². The van der Waals surface area contributed by atoms with Crippen LogP contribution in [0.4, 0.5) is 0 Å². The first-order valence-corrected chi connectivity index (χ1v) is 10.7. The van der Waals surface area contributed by atoms with Crippen molar-refractivity contribution in [3.8, 4) is 0 Å². The Hall–Kier alpha value is -3.20. The third-order valence-corrected chi connectivity index (χ3v) is 6.77. The van der Waals surface area contributed by atoms with Crippen molar-refractivity contribution in [2.45, 2.75) is 37.8 Å². The molecule has 1 aliphatic rings. The van der Waals surface area contributed by atoms with E-state index in [4.69, 9.17) is 11.6 Å². The number of aromatic nitrogens is 4. The first-order chi connectivity index (χ1) is 15.2. The first kappa shape index (κ1) is 22.0. The van der Waals surface area contributed by atoms with Gasteiger partial charge >= 0.3 is 5.69 Å². The molecule has 0 aliphatic heterocycles. The summed E-state index contributed by atoms with van der Waals surface area (Å²) in [5.74, 6) is -0.420. The van der Waals surface area contributed by atoms with Crippen LogP contribution in [0, 0.1) is 0 Å². The smallest absolute Gasteiger partial charge is 0.327 e. The van der Waals surface area contributed by atoms with E-state index < -0.39 is 16.8 Å². The molecular formula is C22H24ClN5O4. The van der Waals surface area contributed by atoms with E-state index >= 15 is 0 Å². The molecule has 0 spiro atoms. The third kappa shape index (κ3) is 3.19. The maximum absolute atomic E-state index is 13.4. The molecule has 0 saturated heterocycles. The van der Waals surface area contributed by atoms with Gasteiger partial charge in [0.1, 0.15) is 12.1 Å². The van der Waals surface area contributed by atoms with Crippen molar-refractivity contribution in [1.82, 2.24) is 23.6 Å². The lowest BCUT2D eigenvalue weighted by Gasteiger charge is -2.44. The summed E-state index contributed by atoms with van der Waals surface area (Å²) in [4.78, 5) is 57.2. The lowest BCUT2D eigenvalue weighted by Crippen LogP contribution is -2.55. The van der Waals surface area contributed by atoms with Gasteiger partial charge in [-0.1, -0.05) is 29.8 Å². The van der Waals surface area contributed by atoms with Crippen LogP contribution in [0.2, 0.25) is 5.02 Å².